The van der Waals surface area contributed by atoms with E-state index >= 15 is 0 Å². The molecule has 1 aromatic rings. The summed E-state index contributed by atoms with van der Waals surface area (Å²) in [5.74, 6) is -0.203. The van der Waals surface area contributed by atoms with Crippen molar-refractivity contribution in [1.29, 1.82) is 0 Å². The molecule has 5 nitrogen and oxygen atoms in total. The van der Waals surface area contributed by atoms with Crippen molar-refractivity contribution in [3.8, 4) is 11.5 Å². The van der Waals surface area contributed by atoms with Crippen LogP contribution in [0.1, 0.15) is 17.3 Å². The maximum absolute atomic E-state index is 11.4. The standard InChI is InChI=1S/C10H11ClO5S/c1-6(12)8-4-7(15-2)5-9(10(8)16-3)17(11,13)14/h4-5H,1-3H3. The van der Waals surface area contributed by atoms with Gasteiger partial charge in [-0.25, -0.2) is 8.42 Å². The van der Waals surface area contributed by atoms with Crippen LogP contribution in [0.5, 0.6) is 11.5 Å². The fourth-order valence-electron chi connectivity index (χ4n) is 1.35. The number of hydrogen-bond donors (Lipinski definition) is 0. The third-order valence-electron chi connectivity index (χ3n) is 2.11. The lowest BCUT2D eigenvalue weighted by Crippen LogP contribution is -2.04. The molecule has 0 atom stereocenters. The highest BCUT2D eigenvalue weighted by atomic mass is 35.7. The average molecular weight is 279 g/mol. The minimum absolute atomic E-state index is 0.0756. The third-order valence-corrected chi connectivity index (χ3v) is 3.44. The van der Waals surface area contributed by atoms with Crippen molar-refractivity contribution in [2.75, 3.05) is 14.2 Å². The van der Waals surface area contributed by atoms with Crippen LogP contribution >= 0.6 is 10.7 Å². The summed E-state index contributed by atoms with van der Waals surface area (Å²) in [6.07, 6.45) is 0. The highest BCUT2D eigenvalue weighted by molar-refractivity contribution is 8.13. The maximum Gasteiger partial charge on any atom is 0.265 e. The van der Waals surface area contributed by atoms with Crippen molar-refractivity contribution in [1.82, 2.24) is 0 Å². The van der Waals surface area contributed by atoms with Crippen LogP contribution in [0.15, 0.2) is 17.0 Å². The molecule has 0 spiro atoms. The molecular weight excluding hydrogens is 268 g/mol. The van der Waals surface area contributed by atoms with E-state index < -0.39 is 9.05 Å². The monoisotopic (exact) mass is 278 g/mol. The summed E-state index contributed by atoms with van der Waals surface area (Å²) in [6.45, 7) is 1.29. The van der Waals surface area contributed by atoms with Gasteiger partial charge < -0.3 is 9.47 Å². The zero-order valence-corrected chi connectivity index (χ0v) is 11.1. The Morgan fingerprint density at radius 1 is 1.24 bits per heavy atom. The molecule has 0 unspecified atom stereocenters. The van der Waals surface area contributed by atoms with E-state index in [2.05, 4.69) is 0 Å². The van der Waals surface area contributed by atoms with Gasteiger partial charge >= 0.3 is 0 Å². The van der Waals surface area contributed by atoms with Crippen molar-refractivity contribution in [3.05, 3.63) is 17.7 Å². The predicted molar refractivity (Wildman–Crippen MR) is 62.6 cm³/mol. The number of halogens is 1. The normalized spacial score (nSPS) is 11.1. The van der Waals surface area contributed by atoms with Gasteiger partial charge in [-0.3, -0.25) is 4.79 Å². The Kier molecular flexibility index (Phi) is 4.00. The molecule has 7 heteroatoms. The minimum Gasteiger partial charge on any atom is -0.497 e. The number of methoxy groups -OCH3 is 2. The number of carbonyl (C=O) groups is 1. The molecule has 0 N–H and O–H groups in total. The lowest BCUT2D eigenvalue weighted by atomic mass is 10.1. The number of Topliss-reactive ketones (excluding diaryl/α,β-unsaturated/α-hetero) is 1. The molecule has 94 valence electrons. The molecule has 0 saturated heterocycles. The van der Waals surface area contributed by atoms with Gasteiger partial charge in [0.05, 0.1) is 19.8 Å². The third kappa shape index (κ3) is 2.89. The molecule has 0 aliphatic carbocycles. The molecule has 0 amide bonds. The van der Waals surface area contributed by atoms with E-state index in [1.165, 1.54) is 33.3 Å². The largest absolute Gasteiger partial charge is 0.497 e. The van der Waals surface area contributed by atoms with Gasteiger partial charge in [0, 0.05) is 16.7 Å². The van der Waals surface area contributed by atoms with Crippen LogP contribution in [0.2, 0.25) is 0 Å². The Labute approximate surface area is 104 Å². The smallest absolute Gasteiger partial charge is 0.265 e. The molecule has 0 saturated carbocycles. The van der Waals surface area contributed by atoms with Gasteiger partial charge in [-0.1, -0.05) is 0 Å². The van der Waals surface area contributed by atoms with Crippen LogP contribution < -0.4 is 9.47 Å². The van der Waals surface area contributed by atoms with Gasteiger partial charge in [-0.15, -0.1) is 0 Å². The average Bonchev–Trinajstić information content (AvgIpc) is 2.25. The first-order valence-electron chi connectivity index (χ1n) is 4.53. The van der Waals surface area contributed by atoms with Gasteiger partial charge in [-0.2, -0.15) is 0 Å². The maximum atomic E-state index is 11.4. The molecule has 1 rings (SSSR count). The van der Waals surface area contributed by atoms with Crippen LogP contribution in [0.3, 0.4) is 0 Å². The summed E-state index contributed by atoms with van der Waals surface area (Å²) in [7, 11) is 3.88. The Balaban J connectivity index is 3.69. The van der Waals surface area contributed by atoms with Crippen LogP contribution in [0, 0.1) is 0 Å². The molecular formula is C10H11ClO5S. The number of benzene rings is 1. The Morgan fingerprint density at radius 3 is 2.18 bits per heavy atom. The number of ketones is 1. The van der Waals surface area contributed by atoms with E-state index in [1.807, 2.05) is 0 Å². The van der Waals surface area contributed by atoms with E-state index in [-0.39, 0.29) is 27.7 Å². The zero-order valence-electron chi connectivity index (χ0n) is 9.48. The molecule has 0 aliphatic rings. The first-order chi connectivity index (χ1) is 7.81. The summed E-state index contributed by atoms with van der Waals surface area (Å²) < 4.78 is 32.6. The van der Waals surface area contributed by atoms with Crippen molar-refractivity contribution < 1.29 is 22.7 Å². The van der Waals surface area contributed by atoms with Crippen molar-refractivity contribution in [2.45, 2.75) is 11.8 Å². The van der Waals surface area contributed by atoms with E-state index in [0.29, 0.717) is 0 Å². The SMILES string of the molecule is COc1cc(C(C)=O)c(OC)c(S(=O)(=O)Cl)c1. The second kappa shape index (κ2) is 4.93. The summed E-state index contributed by atoms with van der Waals surface area (Å²) in [5.41, 5.74) is 0.103. The zero-order chi connectivity index (χ0) is 13.2. The molecule has 0 bridgehead atoms. The fraction of sp³-hybridized carbons (Fsp3) is 0.300. The van der Waals surface area contributed by atoms with Crippen molar-refractivity contribution in [2.24, 2.45) is 0 Å². The van der Waals surface area contributed by atoms with Crippen LogP contribution in [-0.2, 0) is 9.05 Å². The van der Waals surface area contributed by atoms with Gasteiger partial charge in [0.1, 0.15) is 16.4 Å². The lowest BCUT2D eigenvalue weighted by Gasteiger charge is -2.12. The van der Waals surface area contributed by atoms with Crippen LogP contribution in [0.25, 0.3) is 0 Å². The predicted octanol–water partition coefficient (Wildman–Crippen LogP) is 1.83. The number of rotatable bonds is 4. The summed E-state index contributed by atoms with van der Waals surface area (Å²) in [4.78, 5) is 11.1. The van der Waals surface area contributed by atoms with E-state index in [1.54, 1.807) is 0 Å². The minimum atomic E-state index is -4.02. The van der Waals surface area contributed by atoms with Gasteiger partial charge in [0.15, 0.2) is 5.78 Å². The van der Waals surface area contributed by atoms with Crippen LogP contribution in [-0.4, -0.2) is 28.4 Å². The van der Waals surface area contributed by atoms with E-state index in [9.17, 15) is 13.2 Å². The second-order valence-corrected chi connectivity index (χ2v) is 5.73. The van der Waals surface area contributed by atoms with Gasteiger partial charge in [-0.05, 0) is 13.0 Å². The Morgan fingerprint density at radius 2 is 1.82 bits per heavy atom. The molecule has 0 aliphatic heterocycles. The topological polar surface area (TPSA) is 69.7 Å². The fourth-order valence-corrected chi connectivity index (χ4v) is 2.36. The molecule has 0 fully saturated rings. The molecule has 17 heavy (non-hydrogen) atoms. The highest BCUT2D eigenvalue weighted by Crippen LogP contribution is 2.34. The van der Waals surface area contributed by atoms with Gasteiger partial charge in [0.2, 0.25) is 0 Å². The van der Waals surface area contributed by atoms with E-state index in [0.717, 1.165) is 0 Å². The quantitative estimate of drug-likeness (QED) is 0.621. The van der Waals surface area contributed by atoms with Crippen molar-refractivity contribution >= 4 is 25.5 Å². The molecule has 0 heterocycles. The first kappa shape index (κ1) is 13.8. The van der Waals surface area contributed by atoms with Crippen molar-refractivity contribution in [3.63, 3.8) is 0 Å². The number of ether oxygens (including phenoxy) is 2. The highest BCUT2D eigenvalue weighted by Gasteiger charge is 2.23. The summed E-state index contributed by atoms with van der Waals surface area (Å²) in [6, 6.07) is 2.60. The van der Waals surface area contributed by atoms with Gasteiger partial charge in [0.25, 0.3) is 9.05 Å². The Hall–Kier alpha value is -1.27. The number of hydrogen-bond acceptors (Lipinski definition) is 5. The molecule has 0 radical (unpaired) electrons. The summed E-state index contributed by atoms with van der Waals surface area (Å²) in [5, 5.41) is 0. The molecule has 1 aromatic carbocycles. The summed E-state index contributed by atoms with van der Waals surface area (Å²) >= 11 is 0. The number of carbonyl (C=O) groups excluding carboxylic acids is 1. The first-order valence-corrected chi connectivity index (χ1v) is 6.83. The second-order valence-electron chi connectivity index (χ2n) is 3.20. The Bertz CT molecular complexity index is 550. The molecule has 0 aromatic heterocycles. The van der Waals surface area contributed by atoms with Crippen LogP contribution in [0.4, 0.5) is 0 Å². The van der Waals surface area contributed by atoms with E-state index in [4.69, 9.17) is 20.2 Å². The lowest BCUT2D eigenvalue weighted by molar-refractivity contribution is 0.101.